The molecule has 2 heterocycles. The summed E-state index contributed by atoms with van der Waals surface area (Å²) >= 11 is 0. The third-order valence-corrected chi connectivity index (χ3v) is 3.98. The predicted octanol–water partition coefficient (Wildman–Crippen LogP) is 1.63. The molecule has 124 valence electrons. The van der Waals surface area contributed by atoms with Gasteiger partial charge >= 0.3 is 0 Å². The van der Waals surface area contributed by atoms with E-state index in [0.29, 0.717) is 25.5 Å². The number of fused-ring (bicyclic) bond motifs is 1. The van der Waals surface area contributed by atoms with Crippen molar-refractivity contribution >= 4 is 16.8 Å². The summed E-state index contributed by atoms with van der Waals surface area (Å²) in [6, 6.07) is 7.63. The van der Waals surface area contributed by atoms with Gasteiger partial charge in [-0.2, -0.15) is 0 Å². The number of amides is 1. The molecule has 1 saturated heterocycles. The number of hydrogen-bond acceptors (Lipinski definition) is 4. The molecule has 1 atom stereocenters. The van der Waals surface area contributed by atoms with E-state index in [4.69, 9.17) is 9.47 Å². The van der Waals surface area contributed by atoms with Gasteiger partial charge in [0.05, 0.1) is 19.3 Å². The fraction of sp³-hybridized carbons (Fsp3) is 0.471. The van der Waals surface area contributed by atoms with Gasteiger partial charge in [0.15, 0.2) is 0 Å². The Hall–Kier alpha value is -2.05. The van der Waals surface area contributed by atoms with Gasteiger partial charge in [0.2, 0.25) is 0 Å². The van der Waals surface area contributed by atoms with Gasteiger partial charge in [-0.05, 0) is 32.2 Å². The molecule has 1 aliphatic heterocycles. The molecule has 0 aliphatic carbocycles. The first-order valence-corrected chi connectivity index (χ1v) is 7.99. The Bertz CT molecular complexity index is 683. The van der Waals surface area contributed by atoms with Crippen LogP contribution in [0.4, 0.5) is 0 Å². The van der Waals surface area contributed by atoms with E-state index < -0.39 is 0 Å². The lowest BCUT2D eigenvalue weighted by Crippen LogP contribution is -2.45. The second kappa shape index (κ2) is 7.02. The van der Waals surface area contributed by atoms with Crippen LogP contribution in [0.5, 0.6) is 5.75 Å². The van der Waals surface area contributed by atoms with Crippen LogP contribution in [0.3, 0.4) is 0 Å². The number of hydrogen-bond donors (Lipinski definition) is 2. The first kappa shape index (κ1) is 15.8. The van der Waals surface area contributed by atoms with Crippen molar-refractivity contribution in [2.24, 2.45) is 0 Å². The molecule has 1 aliphatic rings. The van der Waals surface area contributed by atoms with Gasteiger partial charge < -0.3 is 24.7 Å². The molecular formula is C17H23N3O3. The van der Waals surface area contributed by atoms with Crippen LogP contribution in [0.25, 0.3) is 10.9 Å². The van der Waals surface area contributed by atoms with Crippen LogP contribution in [0, 0.1) is 0 Å². The molecule has 1 fully saturated rings. The molecule has 2 aromatic rings. The minimum atomic E-state index is -0.115. The Morgan fingerprint density at radius 1 is 1.48 bits per heavy atom. The zero-order valence-corrected chi connectivity index (χ0v) is 13.6. The number of likely N-dealkylation sites (N-methyl/N-ethyl adjacent to an activating group) is 1. The average molecular weight is 317 g/mol. The number of nitrogens with one attached hydrogen (secondary N) is 2. The monoisotopic (exact) mass is 317 g/mol. The summed E-state index contributed by atoms with van der Waals surface area (Å²) in [5.41, 5.74) is 1.45. The van der Waals surface area contributed by atoms with Crippen LogP contribution in [0.1, 0.15) is 17.4 Å². The van der Waals surface area contributed by atoms with Gasteiger partial charge in [-0.15, -0.1) is 0 Å². The number of benzene rings is 1. The molecule has 3 rings (SSSR count). The van der Waals surface area contributed by atoms with Gasteiger partial charge in [0.25, 0.3) is 5.91 Å². The number of morpholine rings is 1. The lowest BCUT2D eigenvalue weighted by molar-refractivity contribution is -0.0175. The van der Waals surface area contributed by atoms with E-state index in [2.05, 4.69) is 22.2 Å². The standard InChI is InChI=1S/C17H23N3O3/c1-3-22-13-5-4-12-8-16(19-15(12)9-13)17(21)18-10-14-11-20(2)6-7-23-14/h4-5,8-9,14,19H,3,6-7,10-11H2,1-2H3,(H,18,21)/t14-/m1/s1. The Morgan fingerprint density at radius 2 is 2.35 bits per heavy atom. The van der Waals surface area contributed by atoms with Gasteiger partial charge in [0, 0.05) is 36.6 Å². The molecule has 2 N–H and O–H groups in total. The van der Waals surface area contributed by atoms with Crippen molar-refractivity contribution in [2.75, 3.05) is 39.9 Å². The highest BCUT2D eigenvalue weighted by Gasteiger charge is 2.19. The number of carbonyl (C=O) groups excluding carboxylic acids is 1. The molecular weight excluding hydrogens is 294 g/mol. The molecule has 0 bridgehead atoms. The van der Waals surface area contributed by atoms with Crippen molar-refractivity contribution < 1.29 is 14.3 Å². The highest BCUT2D eigenvalue weighted by Crippen LogP contribution is 2.21. The average Bonchev–Trinajstić information content (AvgIpc) is 2.96. The van der Waals surface area contributed by atoms with E-state index in [1.54, 1.807) is 0 Å². The zero-order chi connectivity index (χ0) is 16.2. The van der Waals surface area contributed by atoms with Crippen LogP contribution in [-0.4, -0.2) is 61.8 Å². The van der Waals surface area contributed by atoms with E-state index in [1.807, 2.05) is 31.2 Å². The summed E-state index contributed by atoms with van der Waals surface area (Å²) in [6.45, 7) is 5.57. The zero-order valence-electron chi connectivity index (χ0n) is 13.6. The third kappa shape index (κ3) is 3.83. The Balaban J connectivity index is 1.63. The van der Waals surface area contributed by atoms with Crippen molar-refractivity contribution in [1.82, 2.24) is 15.2 Å². The van der Waals surface area contributed by atoms with Crippen LogP contribution in [0.2, 0.25) is 0 Å². The minimum Gasteiger partial charge on any atom is -0.494 e. The van der Waals surface area contributed by atoms with Crippen LogP contribution in [0.15, 0.2) is 24.3 Å². The van der Waals surface area contributed by atoms with Crippen LogP contribution >= 0.6 is 0 Å². The van der Waals surface area contributed by atoms with E-state index >= 15 is 0 Å². The van der Waals surface area contributed by atoms with Gasteiger partial charge in [-0.25, -0.2) is 0 Å². The van der Waals surface area contributed by atoms with E-state index in [-0.39, 0.29) is 12.0 Å². The molecule has 6 heteroatoms. The van der Waals surface area contributed by atoms with E-state index in [9.17, 15) is 4.79 Å². The maximum Gasteiger partial charge on any atom is 0.267 e. The molecule has 0 saturated carbocycles. The smallest absolute Gasteiger partial charge is 0.267 e. The van der Waals surface area contributed by atoms with E-state index in [1.165, 1.54) is 0 Å². The van der Waals surface area contributed by atoms with Crippen molar-refractivity contribution in [1.29, 1.82) is 0 Å². The van der Waals surface area contributed by atoms with Crippen LogP contribution < -0.4 is 10.1 Å². The predicted molar refractivity (Wildman–Crippen MR) is 89.0 cm³/mol. The minimum absolute atomic E-state index is 0.0478. The number of nitrogens with zero attached hydrogens (tertiary/aromatic N) is 1. The van der Waals surface area contributed by atoms with E-state index in [0.717, 1.165) is 29.7 Å². The summed E-state index contributed by atoms with van der Waals surface area (Å²) in [7, 11) is 2.06. The van der Waals surface area contributed by atoms with Crippen molar-refractivity contribution in [2.45, 2.75) is 13.0 Å². The Kier molecular flexibility index (Phi) is 4.83. The summed E-state index contributed by atoms with van der Waals surface area (Å²) in [5.74, 6) is 0.684. The van der Waals surface area contributed by atoms with Gasteiger partial charge in [-0.3, -0.25) is 4.79 Å². The fourth-order valence-corrected chi connectivity index (χ4v) is 2.78. The van der Waals surface area contributed by atoms with Gasteiger partial charge in [-0.1, -0.05) is 0 Å². The Labute approximate surface area is 135 Å². The molecule has 1 aromatic heterocycles. The normalized spacial score (nSPS) is 19.0. The molecule has 6 nitrogen and oxygen atoms in total. The van der Waals surface area contributed by atoms with Crippen molar-refractivity contribution in [3.8, 4) is 5.75 Å². The maximum atomic E-state index is 12.3. The van der Waals surface area contributed by atoms with Crippen LogP contribution in [-0.2, 0) is 4.74 Å². The number of aromatic amines is 1. The molecule has 0 radical (unpaired) electrons. The number of rotatable bonds is 5. The quantitative estimate of drug-likeness (QED) is 0.879. The second-order valence-electron chi connectivity index (χ2n) is 5.83. The molecule has 0 unspecified atom stereocenters. The number of ether oxygens (including phenoxy) is 2. The molecule has 1 amide bonds. The number of carbonyl (C=O) groups is 1. The Morgan fingerprint density at radius 3 is 3.13 bits per heavy atom. The number of aromatic nitrogens is 1. The largest absolute Gasteiger partial charge is 0.494 e. The first-order valence-electron chi connectivity index (χ1n) is 7.99. The first-order chi connectivity index (χ1) is 11.2. The highest BCUT2D eigenvalue weighted by atomic mass is 16.5. The fourth-order valence-electron chi connectivity index (χ4n) is 2.78. The molecule has 23 heavy (non-hydrogen) atoms. The summed E-state index contributed by atoms with van der Waals surface area (Å²) in [4.78, 5) is 17.7. The summed E-state index contributed by atoms with van der Waals surface area (Å²) in [6.07, 6.45) is 0.0478. The molecule has 0 spiro atoms. The third-order valence-electron chi connectivity index (χ3n) is 3.98. The summed E-state index contributed by atoms with van der Waals surface area (Å²) in [5, 5.41) is 3.93. The van der Waals surface area contributed by atoms with Gasteiger partial charge in [0.1, 0.15) is 11.4 Å². The van der Waals surface area contributed by atoms with Crippen molar-refractivity contribution in [3.05, 3.63) is 30.0 Å². The lowest BCUT2D eigenvalue weighted by Gasteiger charge is -2.30. The number of H-pyrrole nitrogens is 1. The lowest BCUT2D eigenvalue weighted by atomic mass is 10.2. The SMILES string of the molecule is CCOc1ccc2cc(C(=O)NC[C@@H]3CN(C)CCO3)[nH]c2c1. The highest BCUT2D eigenvalue weighted by molar-refractivity contribution is 5.98. The second-order valence-corrected chi connectivity index (χ2v) is 5.83. The topological polar surface area (TPSA) is 66.6 Å². The van der Waals surface area contributed by atoms with Crippen molar-refractivity contribution in [3.63, 3.8) is 0 Å². The maximum absolute atomic E-state index is 12.3. The molecule has 1 aromatic carbocycles. The summed E-state index contributed by atoms with van der Waals surface area (Å²) < 4.78 is 11.1.